The molecule has 1 aromatic rings. The Kier molecular flexibility index (Phi) is 5.44. The zero-order valence-electron chi connectivity index (χ0n) is 12.5. The van der Waals surface area contributed by atoms with Crippen LogP contribution in [-0.4, -0.2) is 59.5 Å². The van der Waals surface area contributed by atoms with Crippen molar-refractivity contribution in [2.75, 3.05) is 43.3 Å². The topological polar surface area (TPSA) is 112 Å². The van der Waals surface area contributed by atoms with Crippen molar-refractivity contribution in [1.82, 2.24) is 19.9 Å². The summed E-state index contributed by atoms with van der Waals surface area (Å²) in [5, 5.41) is 2.95. The standard InChI is InChI=1S/C11H22N8O/c1-6-19(5)8(20)7(2)13-9-14-10(17-12)16-11(15-9)18(3)4/h7H,6,12H2,1-5H3,(H2,13,14,15,16,17). The molecule has 0 fully saturated rings. The Labute approximate surface area is 118 Å². The van der Waals surface area contributed by atoms with Crippen molar-refractivity contribution >= 4 is 23.8 Å². The summed E-state index contributed by atoms with van der Waals surface area (Å²) in [5.74, 6) is 6.25. The first kappa shape index (κ1) is 15.9. The molecule has 0 aliphatic heterocycles. The van der Waals surface area contributed by atoms with Crippen molar-refractivity contribution in [2.24, 2.45) is 5.84 Å². The Morgan fingerprint density at radius 1 is 1.25 bits per heavy atom. The number of likely N-dealkylation sites (N-methyl/N-ethyl adjacent to an activating group) is 1. The van der Waals surface area contributed by atoms with Crippen molar-refractivity contribution in [3.05, 3.63) is 0 Å². The number of amides is 1. The number of carbonyl (C=O) groups excluding carboxylic acids is 1. The summed E-state index contributed by atoms with van der Waals surface area (Å²) in [7, 11) is 5.35. The highest BCUT2D eigenvalue weighted by Gasteiger charge is 2.18. The van der Waals surface area contributed by atoms with Crippen molar-refractivity contribution < 1.29 is 4.79 Å². The third-order valence-corrected chi connectivity index (χ3v) is 2.72. The average Bonchev–Trinajstić information content (AvgIpc) is 2.44. The Morgan fingerprint density at radius 3 is 2.35 bits per heavy atom. The zero-order valence-corrected chi connectivity index (χ0v) is 12.5. The number of anilines is 3. The van der Waals surface area contributed by atoms with Gasteiger partial charge >= 0.3 is 0 Å². The first-order chi connectivity index (χ1) is 9.38. The first-order valence-electron chi connectivity index (χ1n) is 6.30. The van der Waals surface area contributed by atoms with E-state index in [0.29, 0.717) is 18.4 Å². The molecule has 0 saturated heterocycles. The van der Waals surface area contributed by atoms with Crippen molar-refractivity contribution in [1.29, 1.82) is 0 Å². The second-order valence-corrected chi connectivity index (χ2v) is 4.54. The molecule has 1 heterocycles. The van der Waals surface area contributed by atoms with Crippen molar-refractivity contribution in [2.45, 2.75) is 19.9 Å². The minimum Gasteiger partial charge on any atom is -0.347 e. The Hall–Kier alpha value is -2.16. The largest absolute Gasteiger partial charge is 0.347 e. The number of carbonyl (C=O) groups is 1. The third kappa shape index (κ3) is 3.92. The molecule has 0 radical (unpaired) electrons. The minimum atomic E-state index is -0.442. The number of hydrazine groups is 1. The van der Waals surface area contributed by atoms with Gasteiger partial charge in [0.2, 0.25) is 23.8 Å². The van der Waals surface area contributed by atoms with Gasteiger partial charge in [0.15, 0.2) is 0 Å². The molecule has 1 aromatic heterocycles. The van der Waals surface area contributed by atoms with E-state index in [1.807, 2.05) is 6.92 Å². The monoisotopic (exact) mass is 282 g/mol. The van der Waals surface area contributed by atoms with Gasteiger partial charge in [0, 0.05) is 27.7 Å². The van der Waals surface area contributed by atoms with Crippen LogP contribution in [0, 0.1) is 0 Å². The fourth-order valence-corrected chi connectivity index (χ4v) is 1.44. The molecule has 1 amide bonds. The quantitative estimate of drug-likeness (QED) is 0.473. The van der Waals surface area contributed by atoms with Crippen LogP contribution in [0.3, 0.4) is 0 Å². The summed E-state index contributed by atoms with van der Waals surface area (Å²) < 4.78 is 0. The number of aromatic nitrogens is 3. The van der Waals surface area contributed by atoms with E-state index in [2.05, 4.69) is 25.7 Å². The van der Waals surface area contributed by atoms with Gasteiger partial charge in [0.05, 0.1) is 0 Å². The fraction of sp³-hybridized carbons (Fsp3) is 0.636. The van der Waals surface area contributed by atoms with Crippen LogP contribution in [0.5, 0.6) is 0 Å². The van der Waals surface area contributed by atoms with Crippen LogP contribution >= 0.6 is 0 Å². The lowest BCUT2D eigenvalue weighted by Gasteiger charge is -2.21. The van der Waals surface area contributed by atoms with Crippen LogP contribution < -0.4 is 21.5 Å². The summed E-state index contributed by atoms with van der Waals surface area (Å²) in [4.78, 5) is 27.7. The van der Waals surface area contributed by atoms with Crippen LogP contribution in [-0.2, 0) is 4.79 Å². The van der Waals surface area contributed by atoms with E-state index in [9.17, 15) is 4.79 Å². The summed E-state index contributed by atoms with van der Waals surface area (Å²) in [6, 6.07) is -0.442. The van der Waals surface area contributed by atoms with Gasteiger partial charge in [-0.1, -0.05) is 0 Å². The number of nitrogens with two attached hydrogens (primary N) is 1. The van der Waals surface area contributed by atoms with E-state index in [4.69, 9.17) is 5.84 Å². The highest BCUT2D eigenvalue weighted by atomic mass is 16.2. The second kappa shape index (κ2) is 6.85. The molecule has 0 spiro atoms. The van der Waals surface area contributed by atoms with Crippen LogP contribution in [0.1, 0.15) is 13.8 Å². The molecule has 1 atom stereocenters. The van der Waals surface area contributed by atoms with Crippen molar-refractivity contribution in [3.63, 3.8) is 0 Å². The predicted molar refractivity (Wildman–Crippen MR) is 78.4 cm³/mol. The summed E-state index contributed by atoms with van der Waals surface area (Å²) >= 11 is 0. The molecule has 1 unspecified atom stereocenters. The molecule has 20 heavy (non-hydrogen) atoms. The molecule has 0 aliphatic rings. The molecular formula is C11H22N8O. The lowest BCUT2D eigenvalue weighted by Crippen LogP contribution is -2.39. The SMILES string of the molecule is CCN(C)C(=O)C(C)Nc1nc(NN)nc(N(C)C)n1. The van der Waals surface area contributed by atoms with E-state index in [1.54, 1.807) is 37.9 Å². The maximum atomic E-state index is 12.0. The van der Waals surface area contributed by atoms with Gasteiger partial charge in [0.1, 0.15) is 6.04 Å². The smallest absolute Gasteiger partial charge is 0.244 e. The van der Waals surface area contributed by atoms with Gasteiger partial charge in [-0.25, -0.2) is 5.84 Å². The third-order valence-electron chi connectivity index (χ3n) is 2.72. The molecule has 0 saturated carbocycles. The molecule has 0 aliphatic carbocycles. The fourth-order valence-electron chi connectivity index (χ4n) is 1.44. The van der Waals surface area contributed by atoms with E-state index in [-0.39, 0.29) is 11.9 Å². The van der Waals surface area contributed by atoms with Crippen LogP contribution in [0.15, 0.2) is 0 Å². The van der Waals surface area contributed by atoms with Gasteiger partial charge in [-0.2, -0.15) is 15.0 Å². The van der Waals surface area contributed by atoms with Crippen LogP contribution in [0.25, 0.3) is 0 Å². The summed E-state index contributed by atoms with van der Waals surface area (Å²) in [6.45, 7) is 4.30. The number of nitrogens with zero attached hydrogens (tertiary/aromatic N) is 5. The van der Waals surface area contributed by atoms with Gasteiger partial charge in [-0.15, -0.1) is 0 Å². The van der Waals surface area contributed by atoms with Gasteiger partial charge in [0.25, 0.3) is 0 Å². The molecule has 9 heteroatoms. The van der Waals surface area contributed by atoms with Crippen LogP contribution in [0.2, 0.25) is 0 Å². The minimum absolute atomic E-state index is 0.0402. The van der Waals surface area contributed by atoms with Crippen molar-refractivity contribution in [3.8, 4) is 0 Å². The first-order valence-corrected chi connectivity index (χ1v) is 6.30. The number of nitrogen functional groups attached to an aromatic ring is 1. The molecular weight excluding hydrogens is 260 g/mol. The summed E-state index contributed by atoms with van der Waals surface area (Å²) in [5.41, 5.74) is 2.37. The van der Waals surface area contributed by atoms with Gasteiger partial charge in [-0.3, -0.25) is 10.2 Å². The number of hydrogen-bond donors (Lipinski definition) is 3. The maximum absolute atomic E-state index is 12.0. The van der Waals surface area contributed by atoms with E-state index in [1.165, 1.54) is 0 Å². The Morgan fingerprint density at radius 2 is 1.85 bits per heavy atom. The number of nitrogens with one attached hydrogen (secondary N) is 2. The lowest BCUT2D eigenvalue weighted by molar-refractivity contribution is -0.130. The van der Waals surface area contributed by atoms with E-state index >= 15 is 0 Å². The van der Waals surface area contributed by atoms with Gasteiger partial charge in [-0.05, 0) is 13.8 Å². The Bertz CT molecular complexity index is 464. The molecule has 9 nitrogen and oxygen atoms in total. The summed E-state index contributed by atoms with van der Waals surface area (Å²) in [6.07, 6.45) is 0. The lowest BCUT2D eigenvalue weighted by atomic mass is 10.3. The van der Waals surface area contributed by atoms with Crippen LogP contribution in [0.4, 0.5) is 17.8 Å². The van der Waals surface area contributed by atoms with E-state index in [0.717, 1.165) is 0 Å². The molecule has 4 N–H and O–H groups in total. The maximum Gasteiger partial charge on any atom is 0.244 e. The highest BCUT2D eigenvalue weighted by Crippen LogP contribution is 2.11. The zero-order chi connectivity index (χ0) is 15.3. The molecule has 112 valence electrons. The Balaban J connectivity index is 2.91. The molecule has 0 bridgehead atoms. The van der Waals surface area contributed by atoms with Gasteiger partial charge < -0.3 is 15.1 Å². The highest BCUT2D eigenvalue weighted by molar-refractivity contribution is 5.83. The predicted octanol–water partition coefficient (Wildman–Crippen LogP) is -0.498. The molecule has 0 aromatic carbocycles. The van der Waals surface area contributed by atoms with E-state index < -0.39 is 6.04 Å². The number of rotatable bonds is 6. The number of hydrogen-bond acceptors (Lipinski definition) is 8. The second-order valence-electron chi connectivity index (χ2n) is 4.54. The molecule has 1 rings (SSSR count). The normalized spacial score (nSPS) is 11.7. The average molecular weight is 282 g/mol.